The van der Waals surface area contributed by atoms with E-state index in [2.05, 4.69) is 26.1 Å². The molecule has 5 N–H and O–H groups in total. The van der Waals surface area contributed by atoms with Crippen LogP contribution in [-0.4, -0.2) is 59.0 Å². The summed E-state index contributed by atoms with van der Waals surface area (Å²) in [7, 11) is 0. The zero-order valence-electron chi connectivity index (χ0n) is 28.0. The molecule has 2 unspecified atom stereocenters. The normalized spacial score (nSPS) is 15.7. The van der Waals surface area contributed by atoms with E-state index in [0.29, 0.717) is 0 Å². The van der Waals surface area contributed by atoms with Crippen molar-refractivity contribution in [3.8, 4) is 0 Å². The van der Waals surface area contributed by atoms with Crippen LogP contribution in [0.3, 0.4) is 0 Å². The molecule has 0 radical (unpaired) electrons. The Morgan fingerprint density at radius 3 is 1.96 bits per heavy atom. The Balaban J connectivity index is 1.49. The van der Waals surface area contributed by atoms with Crippen LogP contribution in [0.4, 0.5) is 9.59 Å². The lowest BCUT2D eigenvalue weighted by molar-refractivity contribution is -0.139. The van der Waals surface area contributed by atoms with E-state index in [1.807, 2.05) is 112 Å². The van der Waals surface area contributed by atoms with E-state index >= 15 is 0 Å². The number of urea groups is 1. The molecule has 50 heavy (non-hydrogen) atoms. The molecule has 0 aliphatic carbocycles. The number of primary amides is 1. The minimum Gasteiger partial charge on any atom is -0.464 e. The minimum absolute atomic E-state index is 0.0951. The molecule has 4 amide bonds. The smallest absolute Gasteiger partial charge is 0.405 e. The number of amides is 4. The van der Waals surface area contributed by atoms with Gasteiger partial charge in [0, 0.05) is 6.42 Å². The second-order valence-electron chi connectivity index (χ2n) is 12.6. The molecule has 0 spiro atoms. The number of ether oxygens (including phenoxy) is 3. The summed E-state index contributed by atoms with van der Waals surface area (Å²) in [5, 5.41) is 12.5. The Hall–Kier alpha value is -5.76. The van der Waals surface area contributed by atoms with E-state index in [9.17, 15) is 19.2 Å². The highest BCUT2D eigenvalue weighted by Crippen LogP contribution is 2.37. The first kappa shape index (κ1) is 35.5. The van der Waals surface area contributed by atoms with Crippen LogP contribution in [0.2, 0.25) is 0 Å². The summed E-state index contributed by atoms with van der Waals surface area (Å²) in [5.41, 5.74) is 5.92. The third-order valence-electron chi connectivity index (χ3n) is 7.85. The Morgan fingerprint density at radius 1 is 0.920 bits per heavy atom. The van der Waals surface area contributed by atoms with Gasteiger partial charge in [-0.2, -0.15) is 4.98 Å². The third kappa shape index (κ3) is 8.82. The van der Waals surface area contributed by atoms with Crippen molar-refractivity contribution in [2.45, 2.75) is 62.9 Å². The van der Waals surface area contributed by atoms with Crippen molar-refractivity contribution in [2.24, 2.45) is 5.73 Å². The van der Waals surface area contributed by atoms with Gasteiger partial charge in [-0.25, -0.2) is 14.4 Å². The van der Waals surface area contributed by atoms with Crippen molar-refractivity contribution in [1.29, 1.82) is 0 Å². The number of nitrogens with zero attached hydrogens (tertiary/aromatic N) is 2. The number of aromatic nitrogens is 2. The van der Waals surface area contributed by atoms with Crippen molar-refractivity contribution < 1.29 is 37.9 Å². The van der Waals surface area contributed by atoms with Crippen LogP contribution in [0.25, 0.3) is 0 Å². The highest BCUT2D eigenvalue weighted by Gasteiger charge is 2.39. The molecule has 1 aliphatic rings. The minimum atomic E-state index is -1.20. The lowest BCUT2D eigenvalue weighted by atomic mass is 9.77. The Kier molecular flexibility index (Phi) is 11.1. The molecule has 1 aromatic heterocycles. The van der Waals surface area contributed by atoms with Gasteiger partial charge in [0.2, 0.25) is 17.6 Å². The van der Waals surface area contributed by atoms with E-state index in [1.54, 1.807) is 0 Å². The molecular weight excluding hydrogens is 644 g/mol. The van der Waals surface area contributed by atoms with Crippen LogP contribution < -0.4 is 21.7 Å². The maximum Gasteiger partial charge on any atom is 0.405 e. The van der Waals surface area contributed by atoms with Crippen molar-refractivity contribution in [3.05, 3.63) is 119 Å². The van der Waals surface area contributed by atoms with E-state index < -0.39 is 53.3 Å². The molecule has 0 saturated carbocycles. The highest BCUT2D eigenvalue weighted by molar-refractivity contribution is 5.85. The molecule has 4 aromatic rings. The number of rotatable bonds is 13. The van der Waals surface area contributed by atoms with Crippen LogP contribution in [0.15, 0.2) is 95.5 Å². The number of esters is 1. The zero-order chi connectivity index (χ0) is 35.7. The van der Waals surface area contributed by atoms with E-state index in [0.717, 1.165) is 16.7 Å². The van der Waals surface area contributed by atoms with Gasteiger partial charge in [0.05, 0.1) is 25.2 Å². The van der Waals surface area contributed by atoms with Gasteiger partial charge in [-0.15, -0.1) is 0 Å². The number of cyclic esters (lactones) is 1. The van der Waals surface area contributed by atoms with Crippen molar-refractivity contribution in [3.63, 3.8) is 0 Å². The predicted molar refractivity (Wildman–Crippen MR) is 179 cm³/mol. The average Bonchev–Trinajstić information content (AvgIpc) is 3.75. The number of nitrogens with one attached hydrogen (secondary N) is 3. The van der Waals surface area contributed by atoms with Crippen LogP contribution >= 0.6 is 0 Å². The van der Waals surface area contributed by atoms with Gasteiger partial charge in [0.25, 0.3) is 0 Å². The van der Waals surface area contributed by atoms with Crippen molar-refractivity contribution in [1.82, 2.24) is 26.1 Å². The molecule has 1 aliphatic heterocycles. The van der Waals surface area contributed by atoms with Gasteiger partial charge >= 0.3 is 18.1 Å². The monoisotopic (exact) mass is 684 g/mol. The topological polar surface area (TPSA) is 197 Å². The summed E-state index contributed by atoms with van der Waals surface area (Å²) in [4.78, 5) is 55.7. The standard InChI is InChI=1S/C36H40N6O8/c1-35(2,3)48-22-28(49-33(37)45)30-40-31(50-42-30)27(39-34(46)38-26-19-20-47-32(26)44)21-29(43)41-36(23-13-7-4-8-14-23,24-15-9-5-10-16-24)25-17-11-6-12-18-25/h4-18,26-28H,19-22H2,1-3H3,(H2,37,45)(H,41,43)(H2,38,39,46)/t26-,27?,28?/m0/s1. The number of hydrogen-bond acceptors (Lipinski definition) is 10. The van der Waals surface area contributed by atoms with E-state index in [1.165, 1.54) is 0 Å². The number of carbonyl (C=O) groups excluding carboxylic acids is 4. The highest BCUT2D eigenvalue weighted by atomic mass is 16.6. The average molecular weight is 685 g/mol. The molecular formula is C36H40N6O8. The van der Waals surface area contributed by atoms with Gasteiger partial charge < -0.3 is 40.4 Å². The van der Waals surface area contributed by atoms with E-state index in [4.69, 9.17) is 24.5 Å². The van der Waals surface area contributed by atoms with Crippen LogP contribution in [-0.2, 0) is 29.3 Å². The zero-order valence-corrected chi connectivity index (χ0v) is 28.0. The van der Waals surface area contributed by atoms with Crippen molar-refractivity contribution >= 4 is 24.0 Å². The molecule has 262 valence electrons. The first-order valence-corrected chi connectivity index (χ1v) is 16.1. The maximum absolute atomic E-state index is 14.3. The molecule has 14 heteroatoms. The van der Waals surface area contributed by atoms with Crippen molar-refractivity contribution in [2.75, 3.05) is 13.2 Å². The van der Waals surface area contributed by atoms with Crippen LogP contribution in [0.1, 0.15) is 74.2 Å². The van der Waals surface area contributed by atoms with Gasteiger partial charge in [-0.05, 0) is 37.5 Å². The quantitative estimate of drug-likeness (QED) is 0.117. The Bertz CT molecular complexity index is 1660. The summed E-state index contributed by atoms with van der Waals surface area (Å²) < 4.78 is 21.5. The second-order valence-corrected chi connectivity index (χ2v) is 12.6. The summed E-state index contributed by atoms with van der Waals surface area (Å²) in [5.74, 6) is -1.33. The molecule has 14 nitrogen and oxygen atoms in total. The number of nitrogens with two attached hydrogens (primary N) is 1. The van der Waals surface area contributed by atoms with E-state index in [-0.39, 0.29) is 37.8 Å². The lowest BCUT2D eigenvalue weighted by Gasteiger charge is -2.37. The maximum atomic E-state index is 14.3. The van der Waals surface area contributed by atoms with Crippen LogP contribution in [0, 0.1) is 0 Å². The third-order valence-corrected chi connectivity index (χ3v) is 7.85. The molecule has 3 aromatic carbocycles. The van der Waals surface area contributed by atoms with Gasteiger partial charge in [-0.3, -0.25) is 4.79 Å². The molecule has 1 fully saturated rings. The largest absolute Gasteiger partial charge is 0.464 e. The Morgan fingerprint density at radius 2 is 1.48 bits per heavy atom. The summed E-state index contributed by atoms with van der Waals surface area (Å²) in [6, 6.07) is 25.7. The van der Waals surface area contributed by atoms with Gasteiger partial charge in [0.1, 0.15) is 17.6 Å². The fourth-order valence-electron chi connectivity index (χ4n) is 5.56. The van der Waals surface area contributed by atoms with Crippen LogP contribution in [0.5, 0.6) is 0 Å². The summed E-state index contributed by atoms with van der Waals surface area (Å²) in [6.45, 7) is 5.46. The molecule has 0 bridgehead atoms. The summed E-state index contributed by atoms with van der Waals surface area (Å²) in [6.07, 6.45) is -2.33. The lowest BCUT2D eigenvalue weighted by Crippen LogP contribution is -2.50. The fraction of sp³-hybridized carbons (Fsp3) is 0.333. The second kappa shape index (κ2) is 15.6. The number of hydrogen-bond donors (Lipinski definition) is 4. The first-order valence-electron chi connectivity index (χ1n) is 16.1. The molecule has 1 saturated heterocycles. The Labute approximate surface area is 289 Å². The molecule has 5 rings (SSSR count). The number of benzene rings is 3. The summed E-state index contributed by atoms with van der Waals surface area (Å²) >= 11 is 0. The SMILES string of the molecule is CC(C)(C)OCC(OC(N)=O)c1noc(C(CC(=O)NC(c2ccccc2)(c2ccccc2)c2ccccc2)NC(=O)N[C@H]2CCOC2=O)n1. The molecule has 3 atom stereocenters. The van der Waals surface area contributed by atoms with Gasteiger partial charge in [-0.1, -0.05) is 96.2 Å². The number of carbonyl (C=O) groups is 4. The molecule has 2 heterocycles. The first-order chi connectivity index (χ1) is 23.9. The predicted octanol–water partition coefficient (Wildman–Crippen LogP) is 4.18. The van der Waals surface area contributed by atoms with Gasteiger partial charge in [0.15, 0.2) is 6.10 Å². The fourth-order valence-corrected chi connectivity index (χ4v) is 5.56.